The van der Waals surface area contributed by atoms with Gasteiger partial charge in [-0.15, -0.1) is 0 Å². The van der Waals surface area contributed by atoms with Crippen molar-refractivity contribution in [3.05, 3.63) is 30.1 Å². The van der Waals surface area contributed by atoms with E-state index in [0.29, 0.717) is 13.2 Å². The molecule has 1 aromatic heterocycles. The van der Waals surface area contributed by atoms with E-state index in [1.165, 1.54) is 0 Å². The van der Waals surface area contributed by atoms with E-state index in [1.54, 1.807) is 12.4 Å². The van der Waals surface area contributed by atoms with Crippen molar-refractivity contribution in [2.45, 2.75) is 25.9 Å². The van der Waals surface area contributed by atoms with Crippen LogP contribution in [0.15, 0.2) is 24.5 Å². The Morgan fingerprint density at radius 3 is 2.89 bits per heavy atom. The molecule has 2 heterocycles. The third-order valence-corrected chi connectivity index (χ3v) is 3.45. The zero-order valence-electron chi connectivity index (χ0n) is 11.4. The van der Waals surface area contributed by atoms with E-state index in [9.17, 15) is 4.79 Å². The van der Waals surface area contributed by atoms with E-state index < -0.39 is 0 Å². The van der Waals surface area contributed by atoms with Crippen molar-refractivity contribution >= 4 is 5.91 Å². The van der Waals surface area contributed by atoms with Crippen molar-refractivity contribution in [3.8, 4) is 0 Å². The quantitative estimate of drug-likeness (QED) is 0.828. The Labute approximate surface area is 113 Å². The van der Waals surface area contributed by atoms with Gasteiger partial charge in [0, 0.05) is 18.4 Å². The summed E-state index contributed by atoms with van der Waals surface area (Å²) in [6.45, 7) is 5.96. The molecule has 2 rings (SSSR count). The highest BCUT2D eigenvalue weighted by Crippen LogP contribution is 2.17. The average molecular weight is 263 g/mol. The number of nitrogens with zero attached hydrogens (tertiary/aromatic N) is 1. The predicted molar refractivity (Wildman–Crippen MR) is 72.6 cm³/mol. The Balaban J connectivity index is 1.93. The highest BCUT2D eigenvalue weighted by molar-refractivity contribution is 5.80. The fourth-order valence-corrected chi connectivity index (χ4v) is 2.33. The number of ether oxygens (including phenoxy) is 1. The van der Waals surface area contributed by atoms with Crippen molar-refractivity contribution in [1.82, 2.24) is 15.6 Å². The van der Waals surface area contributed by atoms with Crippen LogP contribution in [0, 0.1) is 5.92 Å². The second-order valence-electron chi connectivity index (χ2n) is 4.82. The van der Waals surface area contributed by atoms with E-state index in [1.807, 2.05) is 26.0 Å². The number of nitrogens with one attached hydrogen (secondary N) is 2. The minimum absolute atomic E-state index is 0.0154. The van der Waals surface area contributed by atoms with Crippen LogP contribution in [0.5, 0.6) is 0 Å². The molecule has 0 radical (unpaired) electrons. The van der Waals surface area contributed by atoms with Crippen LogP contribution in [0.1, 0.15) is 25.5 Å². The first kappa shape index (κ1) is 14.0. The number of hydrogen-bond acceptors (Lipinski definition) is 4. The second-order valence-corrected chi connectivity index (χ2v) is 4.82. The fraction of sp³-hybridized carbons (Fsp3) is 0.571. The molecule has 0 saturated carbocycles. The lowest BCUT2D eigenvalue weighted by atomic mass is 10.0. The van der Waals surface area contributed by atoms with Gasteiger partial charge in [-0.25, -0.2) is 0 Å². The smallest absolute Gasteiger partial charge is 0.227 e. The number of hydrogen-bond donors (Lipinski definition) is 2. The van der Waals surface area contributed by atoms with E-state index >= 15 is 0 Å². The van der Waals surface area contributed by atoms with E-state index in [4.69, 9.17) is 4.74 Å². The lowest BCUT2D eigenvalue weighted by Crippen LogP contribution is -2.44. The summed E-state index contributed by atoms with van der Waals surface area (Å²) >= 11 is 0. The minimum Gasteiger partial charge on any atom is -0.379 e. The summed E-state index contributed by atoms with van der Waals surface area (Å²) < 4.78 is 5.40. The van der Waals surface area contributed by atoms with Crippen LogP contribution in [0.2, 0.25) is 0 Å². The van der Waals surface area contributed by atoms with Crippen LogP contribution in [0.4, 0.5) is 0 Å². The Bertz CT molecular complexity index is 410. The van der Waals surface area contributed by atoms with Crippen molar-refractivity contribution < 1.29 is 9.53 Å². The molecule has 1 fully saturated rings. The first-order valence-electron chi connectivity index (χ1n) is 6.73. The van der Waals surface area contributed by atoms with Crippen molar-refractivity contribution in [3.63, 3.8) is 0 Å². The summed E-state index contributed by atoms with van der Waals surface area (Å²) in [5.41, 5.74) is 1.06. The molecule has 5 nitrogen and oxygen atoms in total. The maximum Gasteiger partial charge on any atom is 0.227 e. The fourth-order valence-electron chi connectivity index (χ4n) is 2.33. The van der Waals surface area contributed by atoms with Gasteiger partial charge >= 0.3 is 0 Å². The molecular formula is C14H21N3O2. The van der Waals surface area contributed by atoms with Crippen LogP contribution in [0.3, 0.4) is 0 Å². The first-order valence-corrected chi connectivity index (χ1v) is 6.73. The van der Waals surface area contributed by atoms with Crippen molar-refractivity contribution in [2.24, 2.45) is 5.92 Å². The second kappa shape index (κ2) is 6.63. The molecule has 1 aromatic rings. The number of amides is 1. The summed E-state index contributed by atoms with van der Waals surface area (Å²) in [5.74, 6) is -0.0583. The standard InChI is InChI=1S/C14H21N3O2/c1-3-16-13-9-19-8-12(13)14(18)17-10(2)11-4-6-15-7-5-11/h4-7,10,12-13,16H,3,8-9H2,1-2H3,(H,17,18)/t10-,12?,13?/m0/s1. The Morgan fingerprint density at radius 2 is 2.21 bits per heavy atom. The molecule has 0 spiro atoms. The van der Waals surface area contributed by atoms with E-state index in [2.05, 4.69) is 15.6 Å². The zero-order valence-corrected chi connectivity index (χ0v) is 11.4. The summed E-state index contributed by atoms with van der Waals surface area (Å²) in [5, 5.41) is 6.33. The third kappa shape index (κ3) is 3.52. The molecule has 1 aliphatic heterocycles. The van der Waals surface area contributed by atoms with Crippen LogP contribution in [0.25, 0.3) is 0 Å². The van der Waals surface area contributed by atoms with Gasteiger partial charge in [0.25, 0.3) is 0 Å². The highest BCUT2D eigenvalue weighted by Gasteiger charge is 2.33. The van der Waals surface area contributed by atoms with Crippen LogP contribution >= 0.6 is 0 Å². The number of pyridine rings is 1. The van der Waals surface area contributed by atoms with Gasteiger partial charge in [-0.05, 0) is 31.2 Å². The number of carbonyl (C=O) groups excluding carboxylic acids is 1. The summed E-state index contributed by atoms with van der Waals surface area (Å²) in [6.07, 6.45) is 3.47. The van der Waals surface area contributed by atoms with Gasteiger partial charge in [0.05, 0.1) is 25.2 Å². The molecule has 104 valence electrons. The summed E-state index contributed by atoms with van der Waals surface area (Å²) in [7, 11) is 0. The Hall–Kier alpha value is -1.46. The number of rotatable bonds is 5. The largest absolute Gasteiger partial charge is 0.379 e. The van der Waals surface area contributed by atoms with Crippen molar-refractivity contribution in [2.75, 3.05) is 19.8 Å². The number of aromatic nitrogens is 1. The molecule has 1 aliphatic rings. The molecule has 2 N–H and O–H groups in total. The number of carbonyl (C=O) groups is 1. The van der Waals surface area contributed by atoms with Gasteiger partial charge in [0.15, 0.2) is 0 Å². The van der Waals surface area contributed by atoms with Crippen molar-refractivity contribution in [1.29, 1.82) is 0 Å². The van der Waals surface area contributed by atoms with Gasteiger partial charge in [-0.1, -0.05) is 6.92 Å². The van der Waals surface area contributed by atoms with Crippen LogP contribution in [-0.2, 0) is 9.53 Å². The molecule has 1 saturated heterocycles. The highest BCUT2D eigenvalue weighted by atomic mass is 16.5. The molecule has 5 heteroatoms. The Morgan fingerprint density at radius 1 is 1.47 bits per heavy atom. The van der Waals surface area contributed by atoms with Crippen LogP contribution in [-0.4, -0.2) is 36.7 Å². The van der Waals surface area contributed by atoms with Gasteiger partial charge in [-0.2, -0.15) is 0 Å². The van der Waals surface area contributed by atoms with E-state index in [0.717, 1.165) is 12.1 Å². The van der Waals surface area contributed by atoms with Gasteiger partial charge < -0.3 is 15.4 Å². The SMILES string of the molecule is CCNC1COCC1C(=O)N[C@@H](C)c1ccncc1. The summed E-state index contributed by atoms with van der Waals surface area (Å²) in [6, 6.07) is 3.93. The maximum absolute atomic E-state index is 12.3. The lowest BCUT2D eigenvalue weighted by molar-refractivity contribution is -0.126. The van der Waals surface area contributed by atoms with Gasteiger partial charge in [0.1, 0.15) is 0 Å². The predicted octanol–water partition coefficient (Wildman–Crippen LogP) is 0.883. The van der Waals surface area contributed by atoms with Gasteiger partial charge in [-0.3, -0.25) is 9.78 Å². The first-order chi connectivity index (χ1) is 9.22. The molecule has 3 atom stereocenters. The average Bonchev–Trinajstić information content (AvgIpc) is 2.88. The Kier molecular flexibility index (Phi) is 4.87. The normalized spacial score (nSPS) is 24.1. The van der Waals surface area contributed by atoms with Gasteiger partial charge in [0.2, 0.25) is 5.91 Å². The summed E-state index contributed by atoms with van der Waals surface area (Å²) in [4.78, 5) is 16.2. The molecule has 0 aliphatic carbocycles. The molecule has 0 aromatic carbocycles. The molecule has 1 amide bonds. The molecule has 19 heavy (non-hydrogen) atoms. The molecule has 0 bridgehead atoms. The maximum atomic E-state index is 12.3. The topological polar surface area (TPSA) is 63.2 Å². The minimum atomic E-state index is -0.107. The van der Waals surface area contributed by atoms with E-state index in [-0.39, 0.29) is 23.9 Å². The number of likely N-dealkylation sites (N-methyl/N-ethyl adjacent to an activating group) is 1. The lowest BCUT2D eigenvalue weighted by Gasteiger charge is -2.21. The molecular weight excluding hydrogens is 242 g/mol. The van der Waals surface area contributed by atoms with Crippen LogP contribution < -0.4 is 10.6 Å². The molecule has 2 unspecified atom stereocenters. The third-order valence-electron chi connectivity index (χ3n) is 3.45. The monoisotopic (exact) mass is 263 g/mol. The zero-order chi connectivity index (χ0) is 13.7.